The van der Waals surface area contributed by atoms with Crippen LogP contribution in [0.15, 0.2) is 4.34 Å². The van der Waals surface area contributed by atoms with E-state index in [0.29, 0.717) is 0 Å². The lowest BCUT2D eigenvalue weighted by atomic mass is 10.7. The predicted octanol–water partition coefficient (Wildman–Crippen LogP) is -0.968. The van der Waals surface area contributed by atoms with Gasteiger partial charge in [0.1, 0.15) is 0 Å². The van der Waals surface area contributed by atoms with Crippen LogP contribution >= 0.6 is 11.3 Å². The van der Waals surface area contributed by atoms with E-state index >= 15 is 0 Å². The van der Waals surface area contributed by atoms with Crippen LogP contribution in [0.4, 0.5) is 5.13 Å². The Morgan fingerprint density at radius 1 is 1.62 bits per heavy atom. The summed E-state index contributed by atoms with van der Waals surface area (Å²) >= 11 is 0.782. The van der Waals surface area contributed by atoms with Gasteiger partial charge in [0.25, 0.3) is 10.0 Å². The Morgan fingerprint density at radius 2 is 2.31 bits per heavy atom. The lowest BCUT2D eigenvalue weighted by Crippen LogP contribution is -2.23. The largest absolute Gasteiger partial charge is 0.374 e. The normalized spacial score (nSPS) is 11.0. The van der Waals surface area contributed by atoms with Crippen molar-refractivity contribution in [2.75, 3.05) is 12.3 Å². The highest BCUT2D eigenvalue weighted by Crippen LogP contribution is 2.15. The smallest absolute Gasteiger partial charge is 0.270 e. The molecule has 70 valence electrons. The summed E-state index contributed by atoms with van der Waals surface area (Å²) in [5.74, 6) is 2.14. The van der Waals surface area contributed by atoms with Gasteiger partial charge in [0.15, 0.2) is 0 Å². The average Bonchev–Trinajstić information content (AvgIpc) is 2.49. The van der Waals surface area contributed by atoms with Gasteiger partial charge in [0.05, 0.1) is 6.54 Å². The first kappa shape index (κ1) is 9.91. The second-order valence-electron chi connectivity index (χ2n) is 1.93. The molecule has 0 aromatic carbocycles. The lowest BCUT2D eigenvalue weighted by Gasteiger charge is -1.96. The summed E-state index contributed by atoms with van der Waals surface area (Å²) in [6.07, 6.45) is 4.88. The van der Waals surface area contributed by atoms with Crippen molar-refractivity contribution in [1.29, 1.82) is 0 Å². The Labute approximate surface area is 79.2 Å². The summed E-state index contributed by atoms with van der Waals surface area (Å²) in [5.41, 5.74) is 5.22. The maximum atomic E-state index is 11.3. The number of rotatable bonds is 3. The Bertz CT molecular complexity index is 430. The summed E-state index contributed by atoms with van der Waals surface area (Å²) in [7, 11) is -3.63. The highest BCUT2D eigenvalue weighted by atomic mass is 32.2. The monoisotopic (exact) mass is 218 g/mol. The summed E-state index contributed by atoms with van der Waals surface area (Å²) in [6.45, 7) is -0.0815. The van der Waals surface area contributed by atoms with Crippen molar-refractivity contribution in [3.05, 3.63) is 0 Å². The molecule has 6 nitrogen and oxygen atoms in total. The molecule has 0 amide bonds. The van der Waals surface area contributed by atoms with Crippen LogP contribution in [0, 0.1) is 12.3 Å². The van der Waals surface area contributed by atoms with E-state index in [1.165, 1.54) is 0 Å². The van der Waals surface area contributed by atoms with Crippen molar-refractivity contribution >= 4 is 26.5 Å². The van der Waals surface area contributed by atoms with Gasteiger partial charge in [-0.05, 0) is 0 Å². The Hall–Kier alpha value is -1.17. The molecule has 0 saturated carbocycles. The number of nitrogen functional groups attached to an aromatic ring is 1. The van der Waals surface area contributed by atoms with Crippen LogP contribution in [-0.2, 0) is 10.0 Å². The summed E-state index contributed by atoms with van der Waals surface area (Å²) < 4.78 is 24.4. The summed E-state index contributed by atoms with van der Waals surface area (Å²) in [5, 5.41) is 6.83. The number of nitrogens with one attached hydrogen (secondary N) is 1. The molecule has 1 rings (SSSR count). The fourth-order valence-electron chi connectivity index (χ4n) is 0.527. The third-order valence-electron chi connectivity index (χ3n) is 1.02. The van der Waals surface area contributed by atoms with Gasteiger partial charge in [-0.1, -0.05) is 17.3 Å². The number of terminal acetylenes is 1. The number of hydrogen-bond acceptors (Lipinski definition) is 6. The molecule has 0 atom stereocenters. The zero-order valence-corrected chi connectivity index (χ0v) is 8.02. The molecule has 0 unspecified atom stereocenters. The fraction of sp³-hybridized carbons (Fsp3) is 0.200. The van der Waals surface area contributed by atoms with E-state index in [4.69, 9.17) is 12.2 Å². The molecule has 3 N–H and O–H groups in total. The topological polar surface area (TPSA) is 98.0 Å². The molecule has 1 aromatic heterocycles. The van der Waals surface area contributed by atoms with Crippen molar-refractivity contribution in [1.82, 2.24) is 14.9 Å². The maximum Gasteiger partial charge on any atom is 0.270 e. The van der Waals surface area contributed by atoms with Gasteiger partial charge in [-0.25, -0.2) is 8.42 Å². The Balaban J connectivity index is 2.89. The van der Waals surface area contributed by atoms with E-state index in [0.717, 1.165) is 11.3 Å². The molecule has 0 aliphatic rings. The van der Waals surface area contributed by atoms with Gasteiger partial charge in [0, 0.05) is 0 Å². The van der Waals surface area contributed by atoms with E-state index in [-0.39, 0.29) is 16.0 Å². The average molecular weight is 218 g/mol. The zero-order chi connectivity index (χ0) is 9.90. The minimum absolute atomic E-state index is 0.0815. The van der Waals surface area contributed by atoms with Crippen molar-refractivity contribution < 1.29 is 8.42 Å². The molecule has 13 heavy (non-hydrogen) atoms. The SMILES string of the molecule is C#CCNS(=O)(=O)c1nnc(N)s1. The zero-order valence-electron chi connectivity index (χ0n) is 6.39. The van der Waals surface area contributed by atoms with Crippen molar-refractivity contribution in [2.24, 2.45) is 0 Å². The van der Waals surface area contributed by atoms with Crippen LogP contribution in [0.5, 0.6) is 0 Å². The quantitative estimate of drug-likeness (QED) is 0.636. The van der Waals surface area contributed by atoms with E-state index < -0.39 is 10.0 Å². The molecular formula is C5H6N4O2S2. The van der Waals surface area contributed by atoms with Gasteiger partial charge in [-0.15, -0.1) is 16.6 Å². The van der Waals surface area contributed by atoms with Crippen LogP contribution in [0.25, 0.3) is 0 Å². The van der Waals surface area contributed by atoms with Crippen molar-refractivity contribution in [3.8, 4) is 12.3 Å². The van der Waals surface area contributed by atoms with Gasteiger partial charge in [-0.3, -0.25) is 0 Å². The van der Waals surface area contributed by atoms with Crippen LogP contribution in [0.1, 0.15) is 0 Å². The van der Waals surface area contributed by atoms with Crippen LogP contribution in [0.2, 0.25) is 0 Å². The van der Waals surface area contributed by atoms with Gasteiger partial charge in [0.2, 0.25) is 9.47 Å². The maximum absolute atomic E-state index is 11.3. The number of sulfonamides is 1. The highest BCUT2D eigenvalue weighted by Gasteiger charge is 2.18. The Morgan fingerprint density at radius 3 is 2.77 bits per heavy atom. The van der Waals surface area contributed by atoms with Crippen molar-refractivity contribution in [2.45, 2.75) is 4.34 Å². The number of hydrogen-bond donors (Lipinski definition) is 2. The molecule has 0 bridgehead atoms. The van der Waals surface area contributed by atoms with Gasteiger partial charge < -0.3 is 5.73 Å². The van der Waals surface area contributed by atoms with Crippen LogP contribution in [-0.4, -0.2) is 25.2 Å². The molecule has 0 aliphatic carbocycles. The minimum atomic E-state index is -3.63. The minimum Gasteiger partial charge on any atom is -0.374 e. The number of aromatic nitrogens is 2. The predicted molar refractivity (Wildman–Crippen MR) is 48.3 cm³/mol. The number of nitrogens with two attached hydrogens (primary N) is 1. The van der Waals surface area contributed by atoms with Crippen LogP contribution in [0.3, 0.4) is 0 Å². The van der Waals surface area contributed by atoms with E-state index in [2.05, 4.69) is 20.8 Å². The second-order valence-corrected chi connectivity index (χ2v) is 4.88. The third kappa shape index (κ3) is 2.38. The van der Waals surface area contributed by atoms with Gasteiger partial charge in [-0.2, -0.15) is 4.72 Å². The standard InChI is InChI=1S/C5H6N4O2S2/c1-2-3-7-13(10,11)5-9-8-4(6)12-5/h1,7H,3H2,(H2,6,8). The fourth-order valence-corrected chi connectivity index (χ4v) is 2.29. The number of nitrogens with zero attached hydrogens (tertiary/aromatic N) is 2. The first-order valence-corrected chi connectivity index (χ1v) is 5.38. The molecule has 1 heterocycles. The third-order valence-corrected chi connectivity index (χ3v) is 3.54. The second kappa shape index (κ2) is 3.69. The number of anilines is 1. The van der Waals surface area contributed by atoms with E-state index in [1.807, 2.05) is 0 Å². The molecule has 0 saturated heterocycles. The molecular weight excluding hydrogens is 212 g/mol. The molecule has 1 aromatic rings. The Kier molecular flexibility index (Phi) is 2.82. The molecule has 0 aliphatic heterocycles. The molecule has 8 heteroatoms. The molecule has 0 fully saturated rings. The summed E-state index contributed by atoms with van der Waals surface area (Å²) in [6, 6.07) is 0. The first-order chi connectivity index (χ1) is 6.06. The van der Waals surface area contributed by atoms with Crippen molar-refractivity contribution in [3.63, 3.8) is 0 Å². The molecule has 0 radical (unpaired) electrons. The van der Waals surface area contributed by atoms with E-state index in [1.54, 1.807) is 0 Å². The molecule has 0 spiro atoms. The first-order valence-electron chi connectivity index (χ1n) is 3.08. The van der Waals surface area contributed by atoms with Gasteiger partial charge >= 0.3 is 0 Å². The highest BCUT2D eigenvalue weighted by molar-refractivity contribution is 7.91. The lowest BCUT2D eigenvalue weighted by molar-refractivity contribution is 0.584. The van der Waals surface area contributed by atoms with Crippen LogP contribution < -0.4 is 10.5 Å². The van der Waals surface area contributed by atoms with E-state index in [9.17, 15) is 8.42 Å². The summed E-state index contributed by atoms with van der Waals surface area (Å²) in [4.78, 5) is 0.